The average molecular weight is 959 g/mol. The molecule has 1 aliphatic carbocycles. The summed E-state index contributed by atoms with van der Waals surface area (Å²) in [6.45, 7) is 0. The number of anilines is 3. The Bertz CT molecular complexity index is 4430. The van der Waals surface area contributed by atoms with Gasteiger partial charge in [0.05, 0.1) is 22.1 Å². The molecule has 1 aliphatic rings. The Morgan fingerprint density at radius 1 is 0.311 bits per heavy atom. The maximum atomic E-state index is 2.50. The molecule has 0 bridgehead atoms. The second kappa shape index (κ2) is 16.9. The fourth-order valence-corrected chi connectivity index (χ4v) is 13.6. The monoisotopic (exact) mass is 958 g/mol. The fourth-order valence-electron chi connectivity index (χ4n) is 12.4. The highest BCUT2D eigenvalue weighted by atomic mass is 32.1. The third-order valence-electron chi connectivity index (χ3n) is 15.7. The molecule has 2 aromatic heterocycles. The Labute approximate surface area is 433 Å². The van der Waals surface area contributed by atoms with Crippen LogP contribution in [0.5, 0.6) is 0 Å². The number of fused-ring (bicyclic) bond motifs is 10. The van der Waals surface area contributed by atoms with Crippen molar-refractivity contribution in [3.05, 3.63) is 301 Å². The lowest BCUT2D eigenvalue weighted by atomic mass is 9.67. The first-order valence-electron chi connectivity index (χ1n) is 25.5. The van der Waals surface area contributed by atoms with Crippen LogP contribution in [-0.4, -0.2) is 4.57 Å². The summed E-state index contributed by atoms with van der Waals surface area (Å²) in [4.78, 5) is 2.45. The second-order valence-corrected chi connectivity index (χ2v) is 20.6. The summed E-state index contributed by atoms with van der Waals surface area (Å²) in [6.07, 6.45) is 0. The summed E-state index contributed by atoms with van der Waals surface area (Å²) in [5.41, 5.74) is 18.9. The van der Waals surface area contributed by atoms with Gasteiger partial charge in [0.15, 0.2) is 0 Å². The quantitative estimate of drug-likeness (QED) is 0.147. The Balaban J connectivity index is 0.935. The van der Waals surface area contributed by atoms with Crippen molar-refractivity contribution in [1.29, 1.82) is 0 Å². The molecule has 14 aromatic rings. The number of nitrogens with zero attached hydrogens (tertiary/aromatic N) is 2. The lowest BCUT2D eigenvalue weighted by Gasteiger charge is -2.34. The molecule has 74 heavy (non-hydrogen) atoms. The molecule has 0 N–H and O–H groups in total. The lowest BCUT2D eigenvalue weighted by molar-refractivity contribution is 0.770. The average Bonchev–Trinajstić information content (AvgIpc) is 4.12. The summed E-state index contributed by atoms with van der Waals surface area (Å²) in [7, 11) is 0. The van der Waals surface area contributed by atoms with E-state index in [-0.39, 0.29) is 0 Å². The second-order valence-electron chi connectivity index (χ2n) is 19.5. The molecule has 15 rings (SSSR count). The number of thiophene rings is 1. The summed E-state index contributed by atoms with van der Waals surface area (Å²) in [5.74, 6) is 0. The minimum Gasteiger partial charge on any atom is -0.310 e. The zero-order valence-corrected chi connectivity index (χ0v) is 41.2. The molecule has 0 atom stereocenters. The molecule has 0 fully saturated rings. The van der Waals surface area contributed by atoms with Crippen molar-refractivity contribution in [1.82, 2.24) is 4.57 Å². The first-order valence-corrected chi connectivity index (χ1v) is 26.3. The number of hydrogen-bond donors (Lipinski definition) is 0. The van der Waals surface area contributed by atoms with E-state index in [1.165, 1.54) is 108 Å². The highest BCUT2D eigenvalue weighted by Crippen LogP contribution is 2.57. The molecule has 3 heteroatoms. The molecule has 0 saturated heterocycles. The minimum atomic E-state index is -0.511. The van der Waals surface area contributed by atoms with Gasteiger partial charge >= 0.3 is 0 Å². The number of benzene rings is 12. The highest BCUT2D eigenvalue weighted by molar-refractivity contribution is 7.25. The number of aromatic nitrogens is 1. The van der Waals surface area contributed by atoms with Crippen LogP contribution >= 0.6 is 11.3 Å². The number of para-hydroxylation sites is 1. The van der Waals surface area contributed by atoms with Crippen molar-refractivity contribution in [2.45, 2.75) is 5.41 Å². The predicted octanol–water partition coefficient (Wildman–Crippen LogP) is 19.5. The van der Waals surface area contributed by atoms with E-state index in [1.807, 2.05) is 11.3 Å². The molecular formula is C71H46N2S. The molecule has 346 valence electrons. The van der Waals surface area contributed by atoms with Crippen molar-refractivity contribution in [3.63, 3.8) is 0 Å². The van der Waals surface area contributed by atoms with Gasteiger partial charge in [-0.2, -0.15) is 0 Å². The summed E-state index contributed by atoms with van der Waals surface area (Å²) >= 11 is 1.86. The Hall–Kier alpha value is -9.28. The summed E-state index contributed by atoms with van der Waals surface area (Å²) < 4.78 is 5.02. The third kappa shape index (κ3) is 6.43. The molecule has 0 radical (unpaired) electrons. The topological polar surface area (TPSA) is 8.17 Å². The van der Waals surface area contributed by atoms with Gasteiger partial charge in [0.2, 0.25) is 0 Å². The van der Waals surface area contributed by atoms with E-state index >= 15 is 0 Å². The van der Waals surface area contributed by atoms with E-state index in [0.29, 0.717) is 0 Å². The van der Waals surface area contributed by atoms with Crippen LogP contribution in [0, 0.1) is 0 Å². The third-order valence-corrected chi connectivity index (χ3v) is 16.8. The van der Waals surface area contributed by atoms with E-state index < -0.39 is 5.41 Å². The van der Waals surface area contributed by atoms with Crippen LogP contribution in [0.1, 0.15) is 22.3 Å². The van der Waals surface area contributed by atoms with Gasteiger partial charge in [-0.15, -0.1) is 11.3 Å². The van der Waals surface area contributed by atoms with Crippen molar-refractivity contribution >= 4 is 81.1 Å². The van der Waals surface area contributed by atoms with Crippen molar-refractivity contribution < 1.29 is 0 Å². The number of rotatable bonds is 8. The van der Waals surface area contributed by atoms with E-state index in [1.54, 1.807) is 0 Å². The molecule has 0 amide bonds. The van der Waals surface area contributed by atoms with Crippen LogP contribution in [0.4, 0.5) is 17.1 Å². The van der Waals surface area contributed by atoms with Gasteiger partial charge in [-0.1, -0.05) is 206 Å². The van der Waals surface area contributed by atoms with Crippen molar-refractivity contribution in [3.8, 4) is 39.1 Å². The van der Waals surface area contributed by atoms with Crippen LogP contribution < -0.4 is 4.90 Å². The molecule has 0 spiro atoms. The molecule has 12 aromatic carbocycles. The van der Waals surface area contributed by atoms with Crippen LogP contribution in [0.25, 0.3) is 91.8 Å². The number of hydrogen-bond acceptors (Lipinski definition) is 2. The fraction of sp³-hybridized carbons (Fsp3) is 0.0141. The molecule has 2 nitrogen and oxygen atoms in total. The SMILES string of the molecule is c1ccc(-c2ccc(N(c3ccc4c(c3)sc3ccccc34)c3ccc(-c4ccc5c(c4)c4cc(C6(c7ccccc7)c7ccccc7-c7ccccc76)ccc4n5-c4ccccc4)c4ccccc34)cc2)cc1. The van der Waals surface area contributed by atoms with Crippen LogP contribution in [-0.2, 0) is 5.41 Å². The van der Waals surface area contributed by atoms with Gasteiger partial charge in [-0.25, -0.2) is 0 Å². The van der Waals surface area contributed by atoms with E-state index in [0.717, 1.165) is 22.7 Å². The Morgan fingerprint density at radius 3 is 1.61 bits per heavy atom. The van der Waals surface area contributed by atoms with E-state index in [4.69, 9.17) is 0 Å². The van der Waals surface area contributed by atoms with Gasteiger partial charge < -0.3 is 9.47 Å². The van der Waals surface area contributed by atoms with Gasteiger partial charge in [0, 0.05) is 53.4 Å². The first-order chi connectivity index (χ1) is 36.7. The Kier molecular flexibility index (Phi) is 9.70. The smallest absolute Gasteiger partial charge is 0.0713 e. The van der Waals surface area contributed by atoms with Gasteiger partial charge in [0.1, 0.15) is 0 Å². The van der Waals surface area contributed by atoms with Crippen molar-refractivity contribution in [2.24, 2.45) is 0 Å². The highest BCUT2D eigenvalue weighted by Gasteiger charge is 2.46. The zero-order valence-electron chi connectivity index (χ0n) is 40.4. The largest absolute Gasteiger partial charge is 0.310 e. The summed E-state index contributed by atoms with van der Waals surface area (Å²) in [5, 5.41) is 7.42. The minimum absolute atomic E-state index is 0.511. The zero-order chi connectivity index (χ0) is 48.7. The van der Waals surface area contributed by atoms with Crippen LogP contribution in [0.15, 0.2) is 279 Å². The molecular weight excluding hydrogens is 913 g/mol. The van der Waals surface area contributed by atoms with Crippen LogP contribution in [0.3, 0.4) is 0 Å². The van der Waals surface area contributed by atoms with Crippen molar-refractivity contribution in [2.75, 3.05) is 4.90 Å². The molecule has 0 saturated carbocycles. The Morgan fingerprint density at radius 2 is 0.865 bits per heavy atom. The maximum absolute atomic E-state index is 2.50. The standard InChI is InChI=1S/C71H46N2S/c1-4-18-47(19-5-1)48-32-36-53(37-33-48)72(54-38-39-61-60-28-14-17-31-69(60)74-70(61)46-54)66-43-40-55(56-24-10-11-27-59(56)66)49-34-41-67-62(44-49)63-45-51(35-42-68(63)73(67)52-22-8-3-9-23-52)71(50-20-6-2-7-21-50)64-29-15-12-25-57(64)58-26-13-16-30-65(58)71/h1-46H. The van der Waals surface area contributed by atoms with Gasteiger partial charge in [0.25, 0.3) is 0 Å². The van der Waals surface area contributed by atoms with Gasteiger partial charge in [-0.3, -0.25) is 0 Å². The summed E-state index contributed by atoms with van der Waals surface area (Å²) in [6, 6.07) is 103. The maximum Gasteiger partial charge on any atom is 0.0713 e. The van der Waals surface area contributed by atoms with Gasteiger partial charge in [-0.05, 0) is 134 Å². The molecule has 2 heterocycles. The van der Waals surface area contributed by atoms with E-state index in [9.17, 15) is 0 Å². The first kappa shape index (κ1) is 42.4. The van der Waals surface area contributed by atoms with Crippen LogP contribution in [0.2, 0.25) is 0 Å². The lowest BCUT2D eigenvalue weighted by Crippen LogP contribution is -2.28. The normalized spacial score (nSPS) is 12.7. The van der Waals surface area contributed by atoms with E-state index in [2.05, 4.69) is 289 Å². The predicted molar refractivity (Wildman–Crippen MR) is 314 cm³/mol. The molecule has 0 aliphatic heterocycles. The molecule has 0 unspecified atom stereocenters.